The van der Waals surface area contributed by atoms with Crippen LogP contribution in [0.1, 0.15) is 38.1 Å². The highest BCUT2D eigenvalue weighted by molar-refractivity contribution is 9.10. The van der Waals surface area contributed by atoms with Gasteiger partial charge in [-0.2, -0.15) is 0 Å². The summed E-state index contributed by atoms with van der Waals surface area (Å²) in [6.07, 6.45) is 1.68. The summed E-state index contributed by atoms with van der Waals surface area (Å²) in [5.74, 6) is 1.03. The summed E-state index contributed by atoms with van der Waals surface area (Å²) in [7, 11) is 1.76. The van der Waals surface area contributed by atoms with Gasteiger partial charge < -0.3 is 10.6 Å². The molecule has 4 nitrogen and oxygen atoms in total. The molecule has 1 aromatic heterocycles. The highest BCUT2D eigenvalue weighted by Crippen LogP contribution is 2.67. The molecule has 1 saturated carbocycles. The number of carbonyl (C=O) groups excluding carboxylic acids is 1. The quantitative estimate of drug-likeness (QED) is 0.884. The Morgan fingerprint density at radius 2 is 1.95 bits per heavy atom. The van der Waals surface area contributed by atoms with E-state index < -0.39 is 0 Å². The largest absolute Gasteiger partial charge is 0.372 e. The van der Waals surface area contributed by atoms with E-state index in [4.69, 9.17) is 0 Å². The van der Waals surface area contributed by atoms with E-state index in [1.54, 1.807) is 19.3 Å². The van der Waals surface area contributed by atoms with Crippen molar-refractivity contribution in [1.29, 1.82) is 0 Å². The molecule has 1 heterocycles. The molecule has 0 spiro atoms. The first-order valence-electron chi connectivity index (χ1n) is 6.83. The first-order chi connectivity index (χ1) is 9.21. The molecule has 110 valence electrons. The van der Waals surface area contributed by atoms with Gasteiger partial charge in [-0.15, -0.1) is 0 Å². The van der Waals surface area contributed by atoms with Crippen molar-refractivity contribution in [2.24, 2.45) is 16.7 Å². The van der Waals surface area contributed by atoms with Gasteiger partial charge in [-0.3, -0.25) is 4.79 Å². The summed E-state index contributed by atoms with van der Waals surface area (Å²) in [5, 5.41) is 5.98. The summed E-state index contributed by atoms with van der Waals surface area (Å²) >= 11 is 3.35. The SMILES string of the molecule is CNc1ncc(Br)cc1C(=O)NCC1C(C)(C)C1(C)C. The van der Waals surface area contributed by atoms with Gasteiger partial charge in [-0.1, -0.05) is 27.7 Å². The van der Waals surface area contributed by atoms with Crippen LogP contribution in [-0.4, -0.2) is 24.5 Å². The van der Waals surface area contributed by atoms with Gasteiger partial charge in [0.2, 0.25) is 0 Å². The number of hydrogen-bond acceptors (Lipinski definition) is 3. The van der Waals surface area contributed by atoms with Crippen LogP contribution in [0.25, 0.3) is 0 Å². The maximum atomic E-state index is 12.3. The van der Waals surface area contributed by atoms with Gasteiger partial charge in [0.05, 0.1) is 5.56 Å². The van der Waals surface area contributed by atoms with Crippen LogP contribution in [0.2, 0.25) is 0 Å². The lowest BCUT2D eigenvalue weighted by atomic mass is 10.0. The highest BCUT2D eigenvalue weighted by Gasteiger charge is 2.64. The van der Waals surface area contributed by atoms with Crippen LogP contribution in [0, 0.1) is 16.7 Å². The summed E-state index contributed by atoms with van der Waals surface area (Å²) in [4.78, 5) is 16.5. The van der Waals surface area contributed by atoms with Crippen LogP contribution in [0.4, 0.5) is 5.82 Å². The van der Waals surface area contributed by atoms with Crippen LogP contribution < -0.4 is 10.6 Å². The summed E-state index contributed by atoms with van der Waals surface area (Å²) in [5.41, 5.74) is 1.13. The Kier molecular flexibility index (Phi) is 3.84. The number of hydrogen-bond donors (Lipinski definition) is 2. The Morgan fingerprint density at radius 1 is 1.35 bits per heavy atom. The molecule has 2 N–H and O–H groups in total. The summed E-state index contributed by atoms with van der Waals surface area (Å²) in [6, 6.07) is 1.79. The molecule has 0 unspecified atom stereocenters. The van der Waals surface area contributed by atoms with Crippen molar-refractivity contribution < 1.29 is 4.79 Å². The number of halogens is 1. The van der Waals surface area contributed by atoms with Crippen LogP contribution in [-0.2, 0) is 0 Å². The third-order valence-corrected chi connectivity index (χ3v) is 5.56. The predicted octanol–water partition coefficient (Wildman–Crippen LogP) is 3.30. The number of pyridine rings is 1. The van der Waals surface area contributed by atoms with E-state index in [-0.39, 0.29) is 16.7 Å². The molecule has 1 aliphatic carbocycles. The normalized spacial score (nSPS) is 19.5. The first-order valence-corrected chi connectivity index (χ1v) is 7.62. The minimum atomic E-state index is -0.0818. The minimum absolute atomic E-state index is 0.0818. The minimum Gasteiger partial charge on any atom is -0.372 e. The number of aromatic nitrogens is 1. The van der Waals surface area contributed by atoms with E-state index in [2.05, 4.69) is 59.2 Å². The van der Waals surface area contributed by atoms with Crippen molar-refractivity contribution in [3.63, 3.8) is 0 Å². The monoisotopic (exact) mass is 339 g/mol. The number of amides is 1. The molecule has 0 radical (unpaired) electrons. The van der Waals surface area contributed by atoms with Crippen molar-refractivity contribution in [2.45, 2.75) is 27.7 Å². The lowest BCUT2D eigenvalue weighted by Gasteiger charge is -2.10. The molecular formula is C15H22BrN3O. The molecule has 0 aliphatic heterocycles. The average molecular weight is 340 g/mol. The highest BCUT2D eigenvalue weighted by atomic mass is 79.9. The van der Waals surface area contributed by atoms with Crippen molar-refractivity contribution in [3.8, 4) is 0 Å². The first kappa shape index (κ1) is 15.3. The topological polar surface area (TPSA) is 54.0 Å². The van der Waals surface area contributed by atoms with E-state index >= 15 is 0 Å². The Morgan fingerprint density at radius 3 is 2.45 bits per heavy atom. The molecule has 0 atom stereocenters. The number of anilines is 1. The second-order valence-electron chi connectivity index (χ2n) is 6.51. The molecule has 1 fully saturated rings. The number of carbonyl (C=O) groups is 1. The molecule has 5 heteroatoms. The molecule has 2 rings (SSSR count). The average Bonchev–Trinajstić information content (AvgIpc) is 2.76. The molecule has 1 amide bonds. The van der Waals surface area contributed by atoms with Gasteiger partial charge in [0, 0.05) is 24.3 Å². The smallest absolute Gasteiger partial charge is 0.255 e. The second kappa shape index (κ2) is 5.02. The fraction of sp³-hybridized carbons (Fsp3) is 0.600. The van der Waals surface area contributed by atoms with Crippen molar-refractivity contribution in [3.05, 3.63) is 22.3 Å². The third-order valence-electron chi connectivity index (χ3n) is 5.12. The van der Waals surface area contributed by atoms with E-state index in [1.165, 1.54) is 0 Å². The van der Waals surface area contributed by atoms with Crippen molar-refractivity contribution >= 4 is 27.7 Å². The zero-order valence-electron chi connectivity index (χ0n) is 12.7. The van der Waals surface area contributed by atoms with Crippen LogP contribution >= 0.6 is 15.9 Å². The van der Waals surface area contributed by atoms with E-state index in [0.717, 1.165) is 4.47 Å². The lowest BCUT2D eigenvalue weighted by Crippen LogP contribution is -2.28. The number of nitrogens with zero attached hydrogens (tertiary/aromatic N) is 1. The number of rotatable bonds is 4. The standard InChI is InChI=1S/C15H22BrN3O/c1-14(2)11(15(14,3)4)8-19-13(20)10-6-9(16)7-18-12(10)17-5/h6-7,11H,8H2,1-5H3,(H,17,18)(H,19,20). The van der Waals surface area contributed by atoms with Crippen LogP contribution in [0.15, 0.2) is 16.7 Å². The lowest BCUT2D eigenvalue weighted by molar-refractivity contribution is 0.0950. The molecule has 1 aromatic rings. The van der Waals surface area contributed by atoms with Crippen LogP contribution in [0.3, 0.4) is 0 Å². The van der Waals surface area contributed by atoms with E-state index in [9.17, 15) is 4.79 Å². The zero-order valence-corrected chi connectivity index (χ0v) is 14.3. The Balaban J connectivity index is 2.05. The van der Waals surface area contributed by atoms with Gasteiger partial charge in [0.25, 0.3) is 5.91 Å². The van der Waals surface area contributed by atoms with E-state index in [1.807, 2.05) is 0 Å². The Bertz CT molecular complexity index is 526. The van der Waals surface area contributed by atoms with Gasteiger partial charge >= 0.3 is 0 Å². The molecule has 20 heavy (non-hydrogen) atoms. The summed E-state index contributed by atoms with van der Waals surface area (Å²) < 4.78 is 0.800. The van der Waals surface area contributed by atoms with Gasteiger partial charge in [-0.25, -0.2) is 4.98 Å². The van der Waals surface area contributed by atoms with Crippen molar-refractivity contribution in [1.82, 2.24) is 10.3 Å². The second-order valence-corrected chi connectivity index (χ2v) is 7.42. The van der Waals surface area contributed by atoms with Gasteiger partial charge in [0.15, 0.2) is 0 Å². The fourth-order valence-electron chi connectivity index (χ4n) is 2.95. The van der Waals surface area contributed by atoms with E-state index in [0.29, 0.717) is 23.8 Å². The van der Waals surface area contributed by atoms with Crippen LogP contribution in [0.5, 0.6) is 0 Å². The molecule has 0 bridgehead atoms. The third kappa shape index (κ3) is 2.43. The Labute approximate surface area is 128 Å². The van der Waals surface area contributed by atoms with Crippen molar-refractivity contribution in [2.75, 3.05) is 18.9 Å². The predicted molar refractivity (Wildman–Crippen MR) is 84.9 cm³/mol. The molecule has 0 aromatic carbocycles. The van der Waals surface area contributed by atoms with Gasteiger partial charge in [0.1, 0.15) is 5.82 Å². The summed E-state index contributed by atoms with van der Waals surface area (Å²) in [6.45, 7) is 9.72. The number of nitrogens with one attached hydrogen (secondary N) is 2. The zero-order chi connectivity index (χ0) is 15.1. The maximum absolute atomic E-state index is 12.3. The Hall–Kier alpha value is -1.10. The molecular weight excluding hydrogens is 318 g/mol. The fourth-order valence-corrected chi connectivity index (χ4v) is 3.28. The van der Waals surface area contributed by atoms with Gasteiger partial charge in [-0.05, 0) is 38.7 Å². The maximum Gasteiger partial charge on any atom is 0.255 e. The molecule has 1 aliphatic rings. The molecule has 0 saturated heterocycles.